The lowest BCUT2D eigenvalue weighted by molar-refractivity contribution is 0.282. The maximum absolute atomic E-state index is 5.61. The lowest BCUT2D eigenvalue weighted by Crippen LogP contribution is -2.03. The molecule has 0 N–H and O–H groups in total. The third-order valence-electron chi connectivity index (χ3n) is 2.34. The normalized spacial score (nSPS) is 11.9. The first-order valence-electron chi connectivity index (χ1n) is 5.00. The van der Waals surface area contributed by atoms with E-state index >= 15 is 0 Å². The largest absolute Gasteiger partial charge is 0.355 e. The van der Waals surface area contributed by atoms with E-state index in [1.807, 2.05) is 0 Å². The molecule has 1 rings (SSSR count). The minimum Gasteiger partial charge on any atom is -0.355 e. The highest BCUT2D eigenvalue weighted by molar-refractivity contribution is 7.41. The van der Waals surface area contributed by atoms with Crippen molar-refractivity contribution in [2.24, 2.45) is 0 Å². The second kappa shape index (κ2) is 4.91. The monoisotopic (exact) mass is 210 g/mol. The van der Waals surface area contributed by atoms with Gasteiger partial charge in [-0.25, -0.2) is 0 Å². The zero-order chi connectivity index (χ0) is 10.7. The fourth-order valence-corrected chi connectivity index (χ4v) is 2.20. The van der Waals surface area contributed by atoms with E-state index in [1.54, 1.807) is 0 Å². The molecule has 0 aromatic heterocycles. The van der Waals surface area contributed by atoms with Crippen LogP contribution in [0.4, 0.5) is 0 Å². The first-order chi connectivity index (χ1) is 6.50. The van der Waals surface area contributed by atoms with Crippen LogP contribution in [0.3, 0.4) is 0 Å². The Labute approximate surface area is 88.7 Å². The molecule has 0 radical (unpaired) electrons. The van der Waals surface area contributed by atoms with Gasteiger partial charge in [-0.05, 0) is 68.7 Å². The summed E-state index contributed by atoms with van der Waals surface area (Å²) in [6.07, 6.45) is 0.315. The van der Waals surface area contributed by atoms with E-state index in [2.05, 4.69) is 46.8 Å². The van der Waals surface area contributed by atoms with Crippen LogP contribution in [-0.2, 0) is 4.52 Å². The molecule has 1 aromatic rings. The van der Waals surface area contributed by atoms with Crippen LogP contribution < -0.4 is 5.30 Å². The summed E-state index contributed by atoms with van der Waals surface area (Å²) in [5.74, 6) is 0. The third-order valence-corrected chi connectivity index (χ3v) is 3.45. The topological polar surface area (TPSA) is 9.23 Å². The van der Waals surface area contributed by atoms with Crippen LogP contribution in [-0.4, -0.2) is 6.10 Å². The molecule has 1 aromatic carbocycles. The first kappa shape index (κ1) is 11.7. The van der Waals surface area contributed by atoms with E-state index in [1.165, 1.54) is 22.0 Å². The van der Waals surface area contributed by atoms with Crippen molar-refractivity contribution in [2.75, 3.05) is 0 Å². The number of rotatable bonds is 3. The molecule has 1 nitrogen and oxygen atoms in total. The highest BCUT2D eigenvalue weighted by Gasteiger charge is 2.02. The summed E-state index contributed by atoms with van der Waals surface area (Å²) in [6, 6.07) is 4.45. The SMILES string of the molecule is Cc1cc(POC(C)C)cc(C)c1C. The molecule has 0 spiro atoms. The second-order valence-electron chi connectivity index (χ2n) is 4.00. The zero-order valence-electron chi connectivity index (χ0n) is 9.64. The Bertz CT molecular complexity index is 295. The third kappa shape index (κ3) is 3.08. The number of benzene rings is 1. The van der Waals surface area contributed by atoms with Crippen molar-refractivity contribution in [2.45, 2.75) is 40.7 Å². The molecule has 0 aliphatic heterocycles. The van der Waals surface area contributed by atoms with E-state index in [0.29, 0.717) is 14.9 Å². The fourth-order valence-electron chi connectivity index (χ4n) is 1.28. The summed E-state index contributed by atoms with van der Waals surface area (Å²) in [5, 5.41) is 1.30. The van der Waals surface area contributed by atoms with Gasteiger partial charge in [-0.15, -0.1) is 0 Å². The van der Waals surface area contributed by atoms with Crippen molar-refractivity contribution < 1.29 is 4.52 Å². The molecule has 14 heavy (non-hydrogen) atoms. The molecule has 1 atom stereocenters. The molecule has 0 saturated carbocycles. The second-order valence-corrected chi connectivity index (χ2v) is 5.02. The van der Waals surface area contributed by atoms with E-state index in [9.17, 15) is 0 Å². The maximum Gasteiger partial charge on any atom is 0.0562 e. The highest BCUT2D eigenvalue weighted by Crippen LogP contribution is 2.19. The van der Waals surface area contributed by atoms with Crippen molar-refractivity contribution in [3.63, 3.8) is 0 Å². The van der Waals surface area contributed by atoms with E-state index < -0.39 is 0 Å². The van der Waals surface area contributed by atoms with Gasteiger partial charge < -0.3 is 4.52 Å². The van der Waals surface area contributed by atoms with Crippen molar-refractivity contribution in [1.82, 2.24) is 0 Å². The molecule has 0 fully saturated rings. The van der Waals surface area contributed by atoms with Gasteiger partial charge in [0.25, 0.3) is 0 Å². The molecular formula is C12H19OP. The fraction of sp³-hybridized carbons (Fsp3) is 0.500. The first-order valence-corrected chi connectivity index (χ1v) is 5.91. The predicted octanol–water partition coefficient (Wildman–Crippen LogP) is 3.26. The summed E-state index contributed by atoms with van der Waals surface area (Å²) >= 11 is 0. The van der Waals surface area contributed by atoms with Crippen LogP contribution in [0, 0.1) is 20.8 Å². The Morgan fingerprint density at radius 2 is 1.57 bits per heavy atom. The Morgan fingerprint density at radius 3 is 2.00 bits per heavy atom. The molecule has 0 aliphatic carbocycles. The summed E-state index contributed by atoms with van der Waals surface area (Å²) in [7, 11) is 0.474. The zero-order valence-corrected chi connectivity index (χ0v) is 10.6. The van der Waals surface area contributed by atoms with Crippen LogP contribution >= 0.6 is 8.81 Å². The quantitative estimate of drug-likeness (QED) is 0.696. The molecule has 0 saturated heterocycles. The van der Waals surface area contributed by atoms with E-state index in [-0.39, 0.29) is 0 Å². The highest BCUT2D eigenvalue weighted by atomic mass is 31.1. The minimum absolute atomic E-state index is 0.315. The van der Waals surface area contributed by atoms with Gasteiger partial charge in [0, 0.05) is 8.81 Å². The van der Waals surface area contributed by atoms with Crippen LogP contribution in [0.5, 0.6) is 0 Å². The summed E-state index contributed by atoms with van der Waals surface area (Å²) < 4.78 is 5.61. The molecule has 78 valence electrons. The lowest BCUT2D eigenvalue weighted by Gasteiger charge is -2.11. The van der Waals surface area contributed by atoms with Crippen LogP contribution in [0.1, 0.15) is 30.5 Å². The molecule has 0 amide bonds. The smallest absolute Gasteiger partial charge is 0.0562 e. The Morgan fingerprint density at radius 1 is 1.07 bits per heavy atom. The average Bonchev–Trinajstić information content (AvgIpc) is 2.10. The molecule has 2 heteroatoms. The summed E-state index contributed by atoms with van der Waals surface area (Å²) in [5.41, 5.74) is 4.11. The maximum atomic E-state index is 5.61. The lowest BCUT2D eigenvalue weighted by atomic mass is 10.1. The molecule has 0 bridgehead atoms. The Hall–Kier alpha value is -0.390. The van der Waals surface area contributed by atoms with Crippen molar-refractivity contribution in [1.29, 1.82) is 0 Å². The molecule has 0 aliphatic rings. The minimum atomic E-state index is 0.315. The Balaban J connectivity index is 2.79. The van der Waals surface area contributed by atoms with Gasteiger partial charge in [0.2, 0.25) is 0 Å². The predicted molar refractivity (Wildman–Crippen MR) is 64.8 cm³/mol. The van der Waals surface area contributed by atoms with Crippen molar-refractivity contribution in [3.8, 4) is 0 Å². The standard InChI is InChI=1S/C12H19OP/c1-8(2)13-14-12-6-9(3)11(5)10(4)7-12/h6-8,14H,1-5H3. The van der Waals surface area contributed by atoms with E-state index in [4.69, 9.17) is 4.52 Å². The molecular weight excluding hydrogens is 191 g/mol. The van der Waals surface area contributed by atoms with Crippen LogP contribution in [0.2, 0.25) is 0 Å². The van der Waals surface area contributed by atoms with Gasteiger partial charge in [-0.2, -0.15) is 0 Å². The van der Waals surface area contributed by atoms with E-state index in [0.717, 1.165) is 0 Å². The van der Waals surface area contributed by atoms with Gasteiger partial charge in [-0.1, -0.05) is 0 Å². The Kier molecular flexibility index (Phi) is 4.10. The molecule has 0 heterocycles. The summed E-state index contributed by atoms with van der Waals surface area (Å²) in [6.45, 7) is 10.6. The van der Waals surface area contributed by atoms with Crippen LogP contribution in [0.15, 0.2) is 12.1 Å². The summed E-state index contributed by atoms with van der Waals surface area (Å²) in [4.78, 5) is 0. The average molecular weight is 210 g/mol. The van der Waals surface area contributed by atoms with Gasteiger partial charge >= 0.3 is 0 Å². The molecule has 1 unspecified atom stereocenters. The van der Waals surface area contributed by atoms with Crippen LogP contribution in [0.25, 0.3) is 0 Å². The number of aryl methyl sites for hydroxylation is 2. The van der Waals surface area contributed by atoms with Gasteiger partial charge in [-0.3, -0.25) is 0 Å². The van der Waals surface area contributed by atoms with Gasteiger partial charge in [0.15, 0.2) is 0 Å². The number of hydrogen-bond donors (Lipinski definition) is 0. The van der Waals surface area contributed by atoms with Crippen molar-refractivity contribution in [3.05, 3.63) is 28.8 Å². The van der Waals surface area contributed by atoms with Crippen molar-refractivity contribution >= 4 is 14.1 Å². The number of hydrogen-bond acceptors (Lipinski definition) is 1. The van der Waals surface area contributed by atoms with Gasteiger partial charge in [0.1, 0.15) is 0 Å². The van der Waals surface area contributed by atoms with Gasteiger partial charge in [0.05, 0.1) is 6.10 Å².